The summed E-state index contributed by atoms with van der Waals surface area (Å²) < 4.78 is 62.7. The molecule has 21 heavy (non-hydrogen) atoms. The van der Waals surface area contributed by atoms with Gasteiger partial charge in [0, 0.05) is 13.2 Å². The Morgan fingerprint density at radius 3 is 2.14 bits per heavy atom. The number of halogens is 3. The van der Waals surface area contributed by atoms with E-state index in [0.29, 0.717) is 6.20 Å². The second-order valence-electron chi connectivity index (χ2n) is 4.19. The molecule has 0 radical (unpaired) electrons. The maximum Gasteiger partial charge on any atom is 0.417 e. The van der Waals surface area contributed by atoms with Crippen LogP contribution in [0.1, 0.15) is 5.56 Å². The molecule has 0 unspecified atom stereocenters. The number of pyridine rings is 1. The molecular formula is C13H11F3N2O2S. The van der Waals surface area contributed by atoms with Crippen molar-refractivity contribution in [3.63, 3.8) is 0 Å². The number of aromatic nitrogens is 1. The Morgan fingerprint density at radius 1 is 1.05 bits per heavy atom. The average Bonchev–Trinajstić information content (AvgIpc) is 2.46. The van der Waals surface area contributed by atoms with Crippen LogP contribution in [0, 0.1) is 0 Å². The maximum absolute atomic E-state index is 12.4. The molecule has 4 nitrogen and oxygen atoms in total. The van der Waals surface area contributed by atoms with E-state index in [1.807, 2.05) is 0 Å². The first-order valence-corrected chi connectivity index (χ1v) is 7.24. The number of benzene rings is 1. The fraction of sp³-hybridized carbons (Fsp3) is 0.154. The molecule has 2 rings (SSSR count). The number of alkyl halides is 3. The van der Waals surface area contributed by atoms with Crippen molar-refractivity contribution in [2.24, 2.45) is 0 Å². The van der Waals surface area contributed by atoms with Gasteiger partial charge in [-0.3, -0.25) is 4.31 Å². The number of hydrogen-bond donors (Lipinski definition) is 0. The van der Waals surface area contributed by atoms with E-state index in [0.717, 1.165) is 16.4 Å². The van der Waals surface area contributed by atoms with Gasteiger partial charge in [0.1, 0.15) is 5.82 Å². The summed E-state index contributed by atoms with van der Waals surface area (Å²) in [5.41, 5.74) is -0.934. The van der Waals surface area contributed by atoms with Gasteiger partial charge in [0.15, 0.2) is 0 Å². The minimum Gasteiger partial charge on any atom is -0.253 e. The van der Waals surface area contributed by atoms with Crippen LogP contribution in [0.2, 0.25) is 0 Å². The molecule has 1 heterocycles. The molecule has 1 aromatic carbocycles. The van der Waals surface area contributed by atoms with Gasteiger partial charge in [-0.1, -0.05) is 18.2 Å². The molecular weight excluding hydrogens is 305 g/mol. The normalized spacial score (nSPS) is 12.2. The zero-order valence-corrected chi connectivity index (χ0v) is 11.7. The van der Waals surface area contributed by atoms with Crippen LogP contribution in [0.25, 0.3) is 0 Å². The van der Waals surface area contributed by atoms with E-state index in [9.17, 15) is 21.6 Å². The Labute approximate surface area is 119 Å². The van der Waals surface area contributed by atoms with Crippen LogP contribution in [0.15, 0.2) is 53.6 Å². The molecule has 0 fully saturated rings. The summed E-state index contributed by atoms with van der Waals surface area (Å²) in [7, 11) is -2.62. The van der Waals surface area contributed by atoms with Crippen LogP contribution in [-0.4, -0.2) is 20.4 Å². The van der Waals surface area contributed by atoms with Crippen LogP contribution in [0.3, 0.4) is 0 Å². The largest absolute Gasteiger partial charge is 0.417 e. The predicted molar refractivity (Wildman–Crippen MR) is 71.3 cm³/mol. The summed E-state index contributed by atoms with van der Waals surface area (Å²) in [6.07, 6.45) is -3.91. The molecule has 0 N–H and O–H groups in total. The molecule has 1 aromatic heterocycles. The van der Waals surface area contributed by atoms with Crippen LogP contribution >= 0.6 is 0 Å². The molecule has 112 valence electrons. The molecule has 8 heteroatoms. The zero-order valence-electron chi connectivity index (χ0n) is 10.9. The second-order valence-corrected chi connectivity index (χ2v) is 6.16. The molecule has 0 spiro atoms. The van der Waals surface area contributed by atoms with Gasteiger partial charge in [-0.2, -0.15) is 13.2 Å². The molecule has 0 aliphatic rings. The van der Waals surface area contributed by atoms with Gasteiger partial charge in [0.25, 0.3) is 10.0 Å². The minimum atomic E-state index is -4.51. The van der Waals surface area contributed by atoms with E-state index < -0.39 is 21.8 Å². The predicted octanol–water partition coefficient (Wildman–Crippen LogP) is 2.93. The van der Waals surface area contributed by atoms with Crippen molar-refractivity contribution in [2.45, 2.75) is 11.1 Å². The third kappa shape index (κ3) is 3.15. The van der Waals surface area contributed by atoms with Crippen molar-refractivity contribution < 1.29 is 21.6 Å². The number of rotatable bonds is 3. The van der Waals surface area contributed by atoms with Gasteiger partial charge in [0.05, 0.1) is 10.5 Å². The molecule has 0 aliphatic carbocycles. The zero-order chi connectivity index (χ0) is 15.7. The number of sulfonamides is 1. The van der Waals surface area contributed by atoms with Gasteiger partial charge in [-0.15, -0.1) is 0 Å². The van der Waals surface area contributed by atoms with Gasteiger partial charge >= 0.3 is 6.18 Å². The van der Waals surface area contributed by atoms with E-state index in [1.54, 1.807) is 18.2 Å². The summed E-state index contributed by atoms with van der Waals surface area (Å²) in [5.74, 6) is -0.0909. The van der Waals surface area contributed by atoms with Crippen LogP contribution in [0.4, 0.5) is 19.0 Å². The Bertz CT molecular complexity index is 713. The van der Waals surface area contributed by atoms with Crippen molar-refractivity contribution in [3.8, 4) is 0 Å². The molecule has 0 saturated heterocycles. The number of nitrogens with zero attached hydrogens (tertiary/aromatic N) is 2. The Kier molecular flexibility index (Phi) is 3.91. The standard InChI is InChI=1S/C13H11F3N2O2S/c1-18(21(19,20)11-5-3-2-4-6-11)12-8-7-10(9-17-12)13(14,15)16/h2-9H,1H3. The molecule has 0 bridgehead atoms. The first-order valence-electron chi connectivity index (χ1n) is 5.80. The summed E-state index contributed by atoms with van der Waals surface area (Å²) >= 11 is 0. The SMILES string of the molecule is CN(c1ccc(C(F)(F)F)cn1)S(=O)(=O)c1ccccc1. The number of hydrogen-bond acceptors (Lipinski definition) is 3. The van der Waals surface area contributed by atoms with Gasteiger partial charge in [0.2, 0.25) is 0 Å². The highest BCUT2D eigenvalue weighted by molar-refractivity contribution is 7.92. The van der Waals surface area contributed by atoms with Crippen molar-refractivity contribution >= 4 is 15.8 Å². The Hall–Kier alpha value is -2.09. The van der Waals surface area contributed by atoms with Gasteiger partial charge < -0.3 is 0 Å². The van der Waals surface area contributed by atoms with Crippen molar-refractivity contribution in [3.05, 3.63) is 54.2 Å². The first kappa shape index (κ1) is 15.3. The lowest BCUT2D eigenvalue weighted by atomic mass is 10.3. The van der Waals surface area contributed by atoms with Crippen molar-refractivity contribution in [2.75, 3.05) is 11.4 Å². The summed E-state index contributed by atoms with van der Waals surface area (Å²) in [5, 5.41) is 0. The first-order chi connectivity index (χ1) is 9.73. The summed E-state index contributed by atoms with van der Waals surface area (Å²) in [4.78, 5) is 3.60. The van der Waals surface area contributed by atoms with Crippen LogP contribution in [0.5, 0.6) is 0 Å². The lowest BCUT2D eigenvalue weighted by molar-refractivity contribution is -0.137. The quantitative estimate of drug-likeness (QED) is 0.875. The van der Waals surface area contributed by atoms with Gasteiger partial charge in [-0.05, 0) is 24.3 Å². The molecule has 0 saturated carbocycles. The third-order valence-corrected chi connectivity index (χ3v) is 4.58. The Morgan fingerprint density at radius 2 is 1.67 bits per heavy atom. The highest BCUT2D eigenvalue weighted by Crippen LogP contribution is 2.30. The molecule has 0 aliphatic heterocycles. The monoisotopic (exact) mass is 316 g/mol. The second kappa shape index (κ2) is 5.36. The van der Waals surface area contributed by atoms with Crippen LogP contribution in [-0.2, 0) is 16.2 Å². The molecule has 0 atom stereocenters. The fourth-order valence-electron chi connectivity index (χ4n) is 1.61. The summed E-state index contributed by atoms with van der Waals surface area (Å²) in [6.45, 7) is 0. The topological polar surface area (TPSA) is 50.3 Å². The number of anilines is 1. The molecule has 0 amide bonds. The highest BCUT2D eigenvalue weighted by atomic mass is 32.2. The van der Waals surface area contributed by atoms with E-state index in [-0.39, 0.29) is 10.7 Å². The average molecular weight is 316 g/mol. The van der Waals surface area contributed by atoms with E-state index >= 15 is 0 Å². The molecule has 2 aromatic rings. The van der Waals surface area contributed by atoms with Crippen molar-refractivity contribution in [1.29, 1.82) is 0 Å². The van der Waals surface area contributed by atoms with E-state index in [4.69, 9.17) is 0 Å². The fourth-order valence-corrected chi connectivity index (χ4v) is 2.79. The maximum atomic E-state index is 12.4. The third-order valence-electron chi connectivity index (χ3n) is 2.80. The van der Waals surface area contributed by atoms with Crippen molar-refractivity contribution in [1.82, 2.24) is 4.98 Å². The van der Waals surface area contributed by atoms with Gasteiger partial charge in [-0.25, -0.2) is 13.4 Å². The lowest BCUT2D eigenvalue weighted by Crippen LogP contribution is -2.27. The minimum absolute atomic E-state index is 0.0363. The smallest absolute Gasteiger partial charge is 0.253 e. The van der Waals surface area contributed by atoms with E-state index in [1.165, 1.54) is 19.2 Å². The van der Waals surface area contributed by atoms with E-state index in [2.05, 4.69) is 4.98 Å². The Balaban J connectivity index is 2.34. The summed E-state index contributed by atoms with van der Waals surface area (Å²) in [6, 6.07) is 9.38. The highest BCUT2D eigenvalue weighted by Gasteiger charge is 2.31. The lowest BCUT2D eigenvalue weighted by Gasteiger charge is -2.18. The van der Waals surface area contributed by atoms with Crippen LogP contribution < -0.4 is 4.31 Å².